The molecule has 14 nitrogen and oxygen atoms in total. The Morgan fingerprint density at radius 1 is 0.935 bits per heavy atom. The molecule has 0 aliphatic carbocycles. The molecule has 0 saturated heterocycles. The summed E-state index contributed by atoms with van der Waals surface area (Å²) in [5, 5.41) is 0. The van der Waals surface area contributed by atoms with Crippen molar-refractivity contribution < 1.29 is 14.3 Å². The molecule has 3 aromatic heterocycles. The smallest absolute Gasteiger partial charge is 0.332 e. The molecule has 0 amide bonds. The summed E-state index contributed by atoms with van der Waals surface area (Å²) < 4.78 is 9.76. The SMILES string of the molecule is Cn1c(N)c(C(=O)COC(=O)Cn2cnc3c2c(=O)n(C)c(=O)n3C)c(=O)n(C)c1=O. The molecule has 0 saturated carbocycles. The van der Waals surface area contributed by atoms with Gasteiger partial charge in [-0.1, -0.05) is 0 Å². The number of nitrogens with zero attached hydrogens (tertiary/aromatic N) is 6. The number of rotatable bonds is 5. The lowest BCUT2D eigenvalue weighted by Crippen LogP contribution is -2.42. The molecule has 0 aliphatic rings. The van der Waals surface area contributed by atoms with Crippen molar-refractivity contribution in [1.29, 1.82) is 0 Å². The molecule has 0 bridgehead atoms. The van der Waals surface area contributed by atoms with Gasteiger partial charge in [0.15, 0.2) is 17.8 Å². The number of carbonyl (C=O) groups excluding carboxylic acids is 2. The Hall–Kier alpha value is -4.23. The normalized spacial score (nSPS) is 11.1. The Labute approximate surface area is 172 Å². The topological polar surface area (TPSA) is 175 Å². The lowest BCUT2D eigenvalue weighted by Gasteiger charge is -2.11. The summed E-state index contributed by atoms with van der Waals surface area (Å²) in [6, 6.07) is 0. The first kappa shape index (κ1) is 21.5. The van der Waals surface area contributed by atoms with E-state index in [0.29, 0.717) is 4.57 Å². The zero-order chi connectivity index (χ0) is 23.2. The lowest BCUT2D eigenvalue weighted by atomic mass is 10.2. The predicted octanol–water partition coefficient (Wildman–Crippen LogP) is -3.16. The fourth-order valence-electron chi connectivity index (χ4n) is 3.04. The van der Waals surface area contributed by atoms with Gasteiger partial charge in [0, 0.05) is 28.2 Å². The highest BCUT2D eigenvalue weighted by molar-refractivity contribution is 6.01. The second-order valence-electron chi connectivity index (χ2n) is 6.80. The standard InChI is InChI=1S/C17H19N7O7/c1-20-12(18)10(14(27)22(3)16(20)29)8(25)6-31-9(26)5-24-7-19-13-11(24)15(28)23(4)17(30)21(13)2/h7H,5-6,18H2,1-4H3. The number of imidazole rings is 1. The van der Waals surface area contributed by atoms with Crippen molar-refractivity contribution in [2.75, 3.05) is 12.3 Å². The molecule has 3 heterocycles. The number of aromatic nitrogens is 6. The molecule has 0 spiro atoms. The van der Waals surface area contributed by atoms with Gasteiger partial charge in [0.1, 0.15) is 17.9 Å². The molecule has 3 aromatic rings. The van der Waals surface area contributed by atoms with E-state index >= 15 is 0 Å². The summed E-state index contributed by atoms with van der Waals surface area (Å²) in [4.78, 5) is 77.0. The second kappa shape index (κ2) is 7.55. The van der Waals surface area contributed by atoms with Crippen molar-refractivity contribution in [3.8, 4) is 0 Å². The zero-order valence-corrected chi connectivity index (χ0v) is 17.1. The van der Waals surface area contributed by atoms with Gasteiger partial charge >= 0.3 is 17.3 Å². The van der Waals surface area contributed by atoms with Gasteiger partial charge in [-0.15, -0.1) is 0 Å². The molecule has 164 valence electrons. The van der Waals surface area contributed by atoms with E-state index in [4.69, 9.17) is 10.5 Å². The van der Waals surface area contributed by atoms with E-state index in [-0.39, 0.29) is 17.0 Å². The average molecular weight is 433 g/mol. The van der Waals surface area contributed by atoms with E-state index in [0.717, 1.165) is 13.7 Å². The van der Waals surface area contributed by atoms with Crippen LogP contribution in [0.3, 0.4) is 0 Å². The maximum absolute atomic E-state index is 12.4. The van der Waals surface area contributed by atoms with Gasteiger partial charge < -0.3 is 15.0 Å². The fourth-order valence-corrected chi connectivity index (χ4v) is 3.04. The second-order valence-corrected chi connectivity index (χ2v) is 6.80. The Morgan fingerprint density at radius 3 is 2.16 bits per heavy atom. The molecule has 2 N–H and O–H groups in total. The van der Waals surface area contributed by atoms with Crippen molar-refractivity contribution in [3.63, 3.8) is 0 Å². The van der Waals surface area contributed by atoms with Crippen LogP contribution in [0.2, 0.25) is 0 Å². The van der Waals surface area contributed by atoms with E-state index < -0.39 is 53.0 Å². The quantitative estimate of drug-likeness (QED) is 0.321. The first-order chi connectivity index (χ1) is 14.5. The van der Waals surface area contributed by atoms with E-state index in [1.165, 1.54) is 39.1 Å². The molecular formula is C17H19N7O7. The van der Waals surface area contributed by atoms with Crippen LogP contribution in [-0.2, 0) is 44.3 Å². The van der Waals surface area contributed by atoms with Crippen LogP contribution in [0.15, 0.2) is 25.5 Å². The monoisotopic (exact) mass is 433 g/mol. The molecular weight excluding hydrogens is 414 g/mol. The molecule has 0 atom stereocenters. The molecule has 0 aliphatic heterocycles. The predicted molar refractivity (Wildman–Crippen MR) is 107 cm³/mol. The van der Waals surface area contributed by atoms with Crippen molar-refractivity contribution in [3.05, 3.63) is 53.6 Å². The molecule has 31 heavy (non-hydrogen) atoms. The number of hydrogen-bond donors (Lipinski definition) is 1. The maximum atomic E-state index is 12.4. The fraction of sp³-hybridized carbons (Fsp3) is 0.353. The largest absolute Gasteiger partial charge is 0.456 e. The molecule has 14 heteroatoms. The number of fused-ring (bicyclic) bond motifs is 1. The van der Waals surface area contributed by atoms with Crippen LogP contribution in [-0.4, -0.2) is 46.2 Å². The number of hydrogen-bond acceptors (Lipinski definition) is 9. The molecule has 0 radical (unpaired) electrons. The van der Waals surface area contributed by atoms with Crippen LogP contribution in [0.4, 0.5) is 5.82 Å². The number of ketones is 1. The summed E-state index contributed by atoms with van der Waals surface area (Å²) in [6.07, 6.45) is 1.19. The van der Waals surface area contributed by atoms with Gasteiger partial charge in [0.2, 0.25) is 5.78 Å². The van der Waals surface area contributed by atoms with E-state index in [1.807, 2.05) is 0 Å². The number of Topliss-reactive ketones (excluding diaryl/α,β-unsaturated/α-hetero) is 1. The van der Waals surface area contributed by atoms with Crippen LogP contribution in [0.25, 0.3) is 11.2 Å². The Balaban J connectivity index is 1.83. The Bertz CT molecular complexity index is 1480. The summed E-state index contributed by atoms with van der Waals surface area (Å²) in [5.74, 6) is -2.14. The highest BCUT2D eigenvalue weighted by atomic mass is 16.5. The minimum Gasteiger partial charge on any atom is -0.456 e. The number of nitrogens with two attached hydrogens (primary N) is 1. The van der Waals surface area contributed by atoms with Gasteiger partial charge in [0.05, 0.1) is 6.33 Å². The van der Waals surface area contributed by atoms with E-state index in [1.54, 1.807) is 0 Å². The minimum absolute atomic E-state index is 0.00375. The Morgan fingerprint density at radius 2 is 1.52 bits per heavy atom. The van der Waals surface area contributed by atoms with Gasteiger partial charge in [-0.3, -0.25) is 37.4 Å². The van der Waals surface area contributed by atoms with Crippen molar-refractivity contribution in [2.45, 2.75) is 6.54 Å². The third-order valence-corrected chi connectivity index (χ3v) is 4.87. The first-order valence-electron chi connectivity index (χ1n) is 8.82. The Kier molecular flexibility index (Phi) is 5.23. The van der Waals surface area contributed by atoms with Crippen LogP contribution < -0.4 is 28.2 Å². The van der Waals surface area contributed by atoms with Crippen LogP contribution in [0.5, 0.6) is 0 Å². The zero-order valence-electron chi connectivity index (χ0n) is 17.1. The number of aryl methyl sites for hydroxylation is 1. The summed E-state index contributed by atoms with van der Waals surface area (Å²) in [5.41, 5.74) is 2.46. The van der Waals surface area contributed by atoms with Crippen molar-refractivity contribution in [2.24, 2.45) is 28.2 Å². The van der Waals surface area contributed by atoms with Gasteiger partial charge in [-0.05, 0) is 0 Å². The molecule has 3 rings (SSSR count). The third-order valence-electron chi connectivity index (χ3n) is 4.87. The summed E-state index contributed by atoms with van der Waals surface area (Å²) in [6.45, 7) is -1.28. The van der Waals surface area contributed by atoms with Crippen LogP contribution in [0, 0.1) is 0 Å². The average Bonchev–Trinajstić information content (AvgIpc) is 3.15. The van der Waals surface area contributed by atoms with E-state index in [2.05, 4.69) is 4.98 Å². The minimum atomic E-state index is -0.910. The first-order valence-corrected chi connectivity index (χ1v) is 8.82. The van der Waals surface area contributed by atoms with Gasteiger partial charge in [0.25, 0.3) is 11.1 Å². The third kappa shape index (κ3) is 3.37. The van der Waals surface area contributed by atoms with E-state index in [9.17, 15) is 28.8 Å². The number of esters is 1. The van der Waals surface area contributed by atoms with Crippen molar-refractivity contribution >= 4 is 28.7 Å². The molecule has 0 unspecified atom stereocenters. The van der Waals surface area contributed by atoms with Crippen LogP contribution in [0.1, 0.15) is 10.4 Å². The number of anilines is 1. The maximum Gasteiger partial charge on any atom is 0.332 e. The lowest BCUT2D eigenvalue weighted by molar-refractivity contribution is -0.143. The summed E-state index contributed by atoms with van der Waals surface area (Å²) >= 11 is 0. The van der Waals surface area contributed by atoms with Gasteiger partial charge in [-0.25, -0.2) is 14.6 Å². The van der Waals surface area contributed by atoms with Gasteiger partial charge in [-0.2, -0.15) is 0 Å². The van der Waals surface area contributed by atoms with Crippen molar-refractivity contribution in [1.82, 2.24) is 27.8 Å². The highest BCUT2D eigenvalue weighted by Gasteiger charge is 2.22. The number of nitrogen functional groups attached to an aromatic ring is 1. The number of carbonyl (C=O) groups is 2. The summed E-state index contributed by atoms with van der Waals surface area (Å²) in [7, 11) is 5.19. The molecule has 0 aromatic carbocycles. The van der Waals surface area contributed by atoms with Crippen LogP contribution >= 0.6 is 0 Å². The molecule has 0 fully saturated rings. The number of ether oxygens (including phenoxy) is 1. The highest BCUT2D eigenvalue weighted by Crippen LogP contribution is 2.07.